The molecule has 154 valence electrons. The molecule has 0 radical (unpaired) electrons. The first-order valence-corrected chi connectivity index (χ1v) is 11.4. The van der Waals surface area contributed by atoms with Crippen molar-refractivity contribution in [3.05, 3.63) is 0 Å². The molecule has 0 spiro atoms. The van der Waals surface area contributed by atoms with Gasteiger partial charge in [0, 0.05) is 25.2 Å². The van der Waals surface area contributed by atoms with Gasteiger partial charge in [0.05, 0.1) is 13.0 Å². The molecule has 0 bridgehead atoms. The first kappa shape index (κ1) is 18.8. The first-order valence-electron chi connectivity index (χ1n) is 11.4. The van der Waals surface area contributed by atoms with Crippen molar-refractivity contribution in [3.63, 3.8) is 0 Å². The Balaban J connectivity index is 1.47. The second kappa shape index (κ2) is 6.15. The number of carbonyl (C=O) groups is 3. The molecule has 0 saturated heterocycles. The van der Waals surface area contributed by atoms with E-state index in [9.17, 15) is 14.4 Å². The van der Waals surface area contributed by atoms with Crippen LogP contribution >= 0.6 is 0 Å². The highest BCUT2D eigenvalue weighted by Crippen LogP contribution is 2.70. The molecule has 9 atom stereocenters. The second-order valence-corrected chi connectivity index (χ2v) is 11.1. The van der Waals surface area contributed by atoms with E-state index in [-0.39, 0.29) is 34.6 Å². The van der Waals surface area contributed by atoms with Crippen LogP contribution in [0.2, 0.25) is 0 Å². The number of ether oxygens (including phenoxy) is 1. The molecule has 0 amide bonds. The largest absolute Gasteiger partial charge is 0.469 e. The van der Waals surface area contributed by atoms with Crippen LogP contribution in [-0.4, -0.2) is 24.6 Å². The molecule has 5 rings (SSSR count). The van der Waals surface area contributed by atoms with Crippen molar-refractivity contribution >= 4 is 17.5 Å². The van der Waals surface area contributed by atoms with Gasteiger partial charge in [0.2, 0.25) is 0 Å². The Bertz CT molecular complexity index is 728. The molecule has 5 aliphatic carbocycles. The van der Waals surface area contributed by atoms with E-state index in [4.69, 9.17) is 4.74 Å². The van der Waals surface area contributed by atoms with Gasteiger partial charge in [-0.05, 0) is 78.9 Å². The standard InChI is InChI=1S/C24H34O4/c1-23-8-6-14(25)10-13(23)11-20(26)21-18(23)7-9-24(2)17-5-4-15(22(27)28-3)16(17)12-19(21)24/h13,15-19,21H,4-12H2,1-3H3/t13?,15?,16?,17-,18?,19?,21?,23-,24+/m0/s1. The summed E-state index contributed by atoms with van der Waals surface area (Å²) in [5.41, 5.74) is 0.339. The molecular formula is C24H34O4. The molecule has 4 nitrogen and oxygen atoms in total. The number of carbonyl (C=O) groups excluding carboxylic acids is 3. The van der Waals surface area contributed by atoms with Crippen LogP contribution in [0.1, 0.15) is 71.6 Å². The monoisotopic (exact) mass is 386 g/mol. The molecule has 0 heterocycles. The van der Waals surface area contributed by atoms with Crippen LogP contribution in [0.25, 0.3) is 0 Å². The van der Waals surface area contributed by atoms with Crippen molar-refractivity contribution in [2.45, 2.75) is 71.6 Å². The minimum atomic E-state index is -0.0425. The summed E-state index contributed by atoms with van der Waals surface area (Å²) in [6.07, 6.45) is 8.26. The van der Waals surface area contributed by atoms with Crippen LogP contribution in [0, 0.1) is 52.3 Å². The van der Waals surface area contributed by atoms with Gasteiger partial charge < -0.3 is 4.74 Å². The van der Waals surface area contributed by atoms with E-state index < -0.39 is 0 Å². The SMILES string of the molecule is COC(=O)C1CC[C@H]2C1CC1C3C(=O)CC4CC(=O)CC[C@]4(C)C3CC[C@@]12C. The predicted molar refractivity (Wildman–Crippen MR) is 104 cm³/mol. The average Bonchev–Trinajstić information content (AvgIpc) is 3.20. The Hall–Kier alpha value is -1.19. The summed E-state index contributed by atoms with van der Waals surface area (Å²) in [6.45, 7) is 4.80. The molecule has 5 saturated carbocycles. The topological polar surface area (TPSA) is 60.4 Å². The molecule has 5 fully saturated rings. The van der Waals surface area contributed by atoms with Crippen LogP contribution in [-0.2, 0) is 19.1 Å². The lowest BCUT2D eigenvalue weighted by molar-refractivity contribution is -0.158. The molecule has 0 aromatic carbocycles. The summed E-state index contributed by atoms with van der Waals surface area (Å²) in [6, 6.07) is 0. The minimum absolute atomic E-state index is 0.0326. The number of Topliss-reactive ketones (excluding diaryl/α,β-unsaturated/α-hetero) is 2. The van der Waals surface area contributed by atoms with Crippen molar-refractivity contribution in [1.29, 1.82) is 0 Å². The fourth-order valence-electron chi connectivity index (χ4n) is 8.93. The van der Waals surface area contributed by atoms with Crippen LogP contribution in [0.15, 0.2) is 0 Å². The van der Waals surface area contributed by atoms with Crippen LogP contribution < -0.4 is 0 Å². The van der Waals surface area contributed by atoms with Gasteiger partial charge in [0.15, 0.2) is 0 Å². The molecule has 0 N–H and O–H groups in total. The summed E-state index contributed by atoms with van der Waals surface area (Å²) >= 11 is 0. The average molecular weight is 387 g/mol. The van der Waals surface area contributed by atoms with Crippen molar-refractivity contribution < 1.29 is 19.1 Å². The molecule has 0 aromatic rings. The smallest absolute Gasteiger partial charge is 0.308 e. The molecule has 0 aromatic heterocycles. The van der Waals surface area contributed by atoms with Gasteiger partial charge in [-0.3, -0.25) is 14.4 Å². The van der Waals surface area contributed by atoms with E-state index in [1.165, 1.54) is 13.5 Å². The molecule has 6 unspecified atom stereocenters. The van der Waals surface area contributed by atoms with Gasteiger partial charge >= 0.3 is 5.97 Å². The third-order valence-corrected chi connectivity index (χ3v) is 10.4. The highest BCUT2D eigenvalue weighted by molar-refractivity contribution is 5.86. The molecule has 5 aliphatic rings. The van der Waals surface area contributed by atoms with Gasteiger partial charge in [-0.25, -0.2) is 0 Å². The zero-order valence-corrected chi connectivity index (χ0v) is 17.5. The number of rotatable bonds is 1. The van der Waals surface area contributed by atoms with E-state index in [0.29, 0.717) is 54.5 Å². The number of fused-ring (bicyclic) bond motifs is 7. The van der Waals surface area contributed by atoms with E-state index in [0.717, 1.165) is 32.1 Å². The zero-order valence-electron chi connectivity index (χ0n) is 17.5. The maximum Gasteiger partial charge on any atom is 0.308 e. The van der Waals surface area contributed by atoms with Crippen molar-refractivity contribution in [2.24, 2.45) is 52.3 Å². The van der Waals surface area contributed by atoms with Gasteiger partial charge in [-0.2, -0.15) is 0 Å². The third-order valence-electron chi connectivity index (χ3n) is 10.4. The molecular weight excluding hydrogens is 352 g/mol. The Morgan fingerprint density at radius 3 is 2.50 bits per heavy atom. The summed E-state index contributed by atoms with van der Waals surface area (Å²) in [5.74, 6) is 2.98. The third kappa shape index (κ3) is 2.32. The zero-order chi connectivity index (χ0) is 19.8. The minimum Gasteiger partial charge on any atom is -0.469 e. The Morgan fingerprint density at radius 1 is 0.964 bits per heavy atom. The lowest BCUT2D eigenvalue weighted by Crippen LogP contribution is -2.56. The van der Waals surface area contributed by atoms with E-state index in [1.807, 2.05) is 0 Å². The predicted octanol–water partition coefficient (Wildman–Crippen LogP) is 4.20. The summed E-state index contributed by atoms with van der Waals surface area (Å²) in [7, 11) is 1.51. The van der Waals surface area contributed by atoms with Gasteiger partial charge in [-0.1, -0.05) is 13.8 Å². The van der Waals surface area contributed by atoms with Crippen LogP contribution in [0.3, 0.4) is 0 Å². The maximum atomic E-state index is 13.4. The fraction of sp³-hybridized carbons (Fsp3) is 0.875. The molecule has 4 heteroatoms. The quantitative estimate of drug-likeness (QED) is 0.634. The Kier molecular flexibility index (Phi) is 4.13. The first-order chi connectivity index (χ1) is 13.3. The normalized spacial score (nSPS) is 52.5. The van der Waals surface area contributed by atoms with E-state index in [1.54, 1.807) is 0 Å². The molecule has 0 aliphatic heterocycles. The van der Waals surface area contributed by atoms with Gasteiger partial charge in [-0.15, -0.1) is 0 Å². The number of esters is 1. The van der Waals surface area contributed by atoms with Crippen molar-refractivity contribution in [1.82, 2.24) is 0 Å². The van der Waals surface area contributed by atoms with Crippen LogP contribution in [0.5, 0.6) is 0 Å². The summed E-state index contributed by atoms with van der Waals surface area (Å²) < 4.78 is 5.12. The highest BCUT2D eigenvalue weighted by Gasteiger charge is 2.66. The number of methoxy groups -OCH3 is 1. The maximum absolute atomic E-state index is 13.4. The number of hydrogen-bond donors (Lipinski definition) is 0. The van der Waals surface area contributed by atoms with Crippen molar-refractivity contribution in [2.75, 3.05) is 7.11 Å². The second-order valence-electron chi connectivity index (χ2n) is 11.1. The lowest BCUT2D eigenvalue weighted by atomic mass is 9.44. The fourth-order valence-corrected chi connectivity index (χ4v) is 8.93. The van der Waals surface area contributed by atoms with E-state index in [2.05, 4.69) is 13.8 Å². The number of hydrogen-bond acceptors (Lipinski definition) is 4. The highest BCUT2D eigenvalue weighted by atomic mass is 16.5. The van der Waals surface area contributed by atoms with E-state index >= 15 is 0 Å². The molecule has 28 heavy (non-hydrogen) atoms. The summed E-state index contributed by atoms with van der Waals surface area (Å²) in [4.78, 5) is 37.8. The lowest BCUT2D eigenvalue weighted by Gasteiger charge is -2.59. The Morgan fingerprint density at radius 2 is 1.75 bits per heavy atom. The van der Waals surface area contributed by atoms with Crippen LogP contribution in [0.4, 0.5) is 0 Å². The Labute approximate surface area is 168 Å². The van der Waals surface area contributed by atoms with Crippen molar-refractivity contribution in [3.8, 4) is 0 Å². The number of ketones is 2. The van der Waals surface area contributed by atoms with Gasteiger partial charge in [0.1, 0.15) is 11.6 Å². The summed E-state index contributed by atoms with van der Waals surface area (Å²) in [5, 5.41) is 0. The van der Waals surface area contributed by atoms with Gasteiger partial charge in [0.25, 0.3) is 0 Å².